The lowest BCUT2D eigenvalue weighted by atomic mass is 9.94. The third kappa shape index (κ3) is 2.30. The SMILES string of the molecule is COc1ccc(-c2cc(N)on2)cc1C1CCCC1. The maximum Gasteiger partial charge on any atom is 0.222 e. The van der Waals surface area contributed by atoms with E-state index in [4.69, 9.17) is 15.0 Å². The lowest BCUT2D eigenvalue weighted by molar-refractivity contribution is 0.405. The summed E-state index contributed by atoms with van der Waals surface area (Å²) >= 11 is 0. The molecule has 3 rings (SSSR count). The summed E-state index contributed by atoms with van der Waals surface area (Å²) in [7, 11) is 1.72. The van der Waals surface area contributed by atoms with Crippen molar-refractivity contribution in [3.05, 3.63) is 29.8 Å². The molecule has 1 saturated carbocycles. The fourth-order valence-electron chi connectivity index (χ4n) is 2.87. The van der Waals surface area contributed by atoms with Crippen LogP contribution in [0.5, 0.6) is 5.75 Å². The molecular weight excluding hydrogens is 240 g/mol. The zero-order chi connectivity index (χ0) is 13.2. The van der Waals surface area contributed by atoms with Crippen LogP contribution in [-0.4, -0.2) is 12.3 Å². The van der Waals surface area contributed by atoms with Crippen molar-refractivity contribution in [2.24, 2.45) is 0 Å². The quantitative estimate of drug-likeness (QED) is 0.913. The zero-order valence-electron chi connectivity index (χ0n) is 11.1. The molecule has 0 aliphatic heterocycles. The first kappa shape index (κ1) is 12.1. The molecule has 4 nitrogen and oxygen atoms in total. The summed E-state index contributed by atoms with van der Waals surface area (Å²) < 4.78 is 10.4. The van der Waals surface area contributed by atoms with Crippen LogP contribution >= 0.6 is 0 Å². The number of anilines is 1. The molecule has 19 heavy (non-hydrogen) atoms. The molecule has 0 bridgehead atoms. The molecule has 0 radical (unpaired) electrons. The highest BCUT2D eigenvalue weighted by Crippen LogP contribution is 2.40. The summed E-state index contributed by atoms with van der Waals surface area (Å²) in [5, 5.41) is 3.97. The van der Waals surface area contributed by atoms with Gasteiger partial charge in [-0.3, -0.25) is 0 Å². The Kier molecular flexibility index (Phi) is 3.15. The summed E-state index contributed by atoms with van der Waals surface area (Å²) in [4.78, 5) is 0. The Morgan fingerprint density at radius 2 is 2.05 bits per heavy atom. The maximum absolute atomic E-state index is 5.58. The van der Waals surface area contributed by atoms with Gasteiger partial charge in [0.1, 0.15) is 11.4 Å². The van der Waals surface area contributed by atoms with Crippen molar-refractivity contribution in [1.82, 2.24) is 5.16 Å². The van der Waals surface area contributed by atoms with Crippen molar-refractivity contribution in [2.75, 3.05) is 12.8 Å². The largest absolute Gasteiger partial charge is 0.496 e. The van der Waals surface area contributed by atoms with Gasteiger partial charge in [-0.25, -0.2) is 0 Å². The van der Waals surface area contributed by atoms with E-state index in [-0.39, 0.29) is 0 Å². The summed E-state index contributed by atoms with van der Waals surface area (Å²) in [5.74, 6) is 1.90. The van der Waals surface area contributed by atoms with Gasteiger partial charge in [-0.15, -0.1) is 0 Å². The van der Waals surface area contributed by atoms with Gasteiger partial charge in [0.15, 0.2) is 0 Å². The summed E-state index contributed by atoms with van der Waals surface area (Å²) in [6, 6.07) is 7.91. The fourth-order valence-corrected chi connectivity index (χ4v) is 2.87. The van der Waals surface area contributed by atoms with Gasteiger partial charge in [-0.05, 0) is 42.5 Å². The standard InChI is InChI=1S/C15H18N2O2/c1-18-14-7-6-11(13-9-15(16)19-17-13)8-12(14)10-4-2-3-5-10/h6-10H,2-5,16H2,1H3. The number of ether oxygens (including phenoxy) is 1. The molecule has 0 unspecified atom stereocenters. The van der Waals surface area contributed by atoms with E-state index in [0.717, 1.165) is 17.0 Å². The first-order valence-electron chi connectivity index (χ1n) is 6.68. The van der Waals surface area contributed by atoms with E-state index in [2.05, 4.69) is 11.2 Å². The molecule has 4 heteroatoms. The molecule has 2 aromatic rings. The Morgan fingerprint density at radius 1 is 1.26 bits per heavy atom. The highest BCUT2D eigenvalue weighted by atomic mass is 16.5. The fraction of sp³-hybridized carbons (Fsp3) is 0.400. The number of hydrogen-bond donors (Lipinski definition) is 1. The minimum absolute atomic E-state index is 0.341. The predicted octanol–water partition coefficient (Wildman–Crippen LogP) is 3.59. The van der Waals surface area contributed by atoms with Gasteiger partial charge in [0.05, 0.1) is 7.11 Å². The average molecular weight is 258 g/mol. The number of rotatable bonds is 3. The maximum atomic E-state index is 5.58. The van der Waals surface area contributed by atoms with E-state index in [9.17, 15) is 0 Å². The Morgan fingerprint density at radius 3 is 2.68 bits per heavy atom. The van der Waals surface area contributed by atoms with E-state index in [0.29, 0.717) is 11.8 Å². The molecule has 0 spiro atoms. The molecule has 1 aromatic carbocycles. The molecule has 100 valence electrons. The van der Waals surface area contributed by atoms with Crippen molar-refractivity contribution in [3.8, 4) is 17.0 Å². The molecule has 2 N–H and O–H groups in total. The van der Waals surface area contributed by atoms with Crippen LogP contribution in [-0.2, 0) is 0 Å². The third-order valence-corrected chi connectivity index (χ3v) is 3.85. The van der Waals surface area contributed by atoms with Crippen molar-refractivity contribution in [2.45, 2.75) is 31.6 Å². The van der Waals surface area contributed by atoms with E-state index < -0.39 is 0 Å². The summed E-state index contributed by atoms with van der Waals surface area (Å²) in [6.07, 6.45) is 5.07. The average Bonchev–Trinajstić information content (AvgIpc) is 3.09. The van der Waals surface area contributed by atoms with Gasteiger partial charge in [0, 0.05) is 11.6 Å². The summed E-state index contributed by atoms with van der Waals surface area (Å²) in [5.41, 5.74) is 8.66. The number of nitrogens with zero attached hydrogens (tertiary/aromatic N) is 1. The van der Waals surface area contributed by atoms with Gasteiger partial charge >= 0.3 is 0 Å². The van der Waals surface area contributed by atoms with Crippen LogP contribution < -0.4 is 10.5 Å². The lowest BCUT2D eigenvalue weighted by Crippen LogP contribution is -1.97. The van der Waals surface area contributed by atoms with Crippen molar-refractivity contribution < 1.29 is 9.26 Å². The first-order valence-corrected chi connectivity index (χ1v) is 6.68. The van der Waals surface area contributed by atoms with Crippen LogP contribution in [0.3, 0.4) is 0 Å². The number of methoxy groups -OCH3 is 1. The lowest BCUT2D eigenvalue weighted by Gasteiger charge is -2.15. The molecular formula is C15H18N2O2. The topological polar surface area (TPSA) is 61.3 Å². The van der Waals surface area contributed by atoms with Crippen LogP contribution in [0.4, 0.5) is 5.88 Å². The molecule has 0 atom stereocenters. The Hall–Kier alpha value is -1.97. The first-order chi connectivity index (χ1) is 9.28. The number of nitrogens with two attached hydrogens (primary N) is 1. The number of hydrogen-bond acceptors (Lipinski definition) is 4. The van der Waals surface area contributed by atoms with E-state index in [1.807, 2.05) is 12.1 Å². The smallest absolute Gasteiger partial charge is 0.222 e. The Bertz CT molecular complexity index is 571. The van der Waals surface area contributed by atoms with Gasteiger partial charge in [-0.1, -0.05) is 18.0 Å². The second kappa shape index (κ2) is 4.96. The monoisotopic (exact) mass is 258 g/mol. The van der Waals surface area contributed by atoms with Crippen LogP contribution in [0.15, 0.2) is 28.8 Å². The van der Waals surface area contributed by atoms with Crippen LogP contribution in [0, 0.1) is 0 Å². The molecule has 1 aliphatic rings. The Labute approximate surface area is 112 Å². The molecule has 1 heterocycles. The van der Waals surface area contributed by atoms with Gasteiger partial charge in [-0.2, -0.15) is 0 Å². The van der Waals surface area contributed by atoms with E-state index in [1.54, 1.807) is 13.2 Å². The van der Waals surface area contributed by atoms with Crippen LogP contribution in [0.25, 0.3) is 11.3 Å². The third-order valence-electron chi connectivity index (χ3n) is 3.85. The number of nitrogen functional groups attached to an aromatic ring is 1. The van der Waals surface area contributed by atoms with Crippen molar-refractivity contribution in [3.63, 3.8) is 0 Å². The predicted molar refractivity (Wildman–Crippen MR) is 74.1 cm³/mol. The van der Waals surface area contributed by atoms with Crippen molar-refractivity contribution >= 4 is 5.88 Å². The second-order valence-corrected chi connectivity index (χ2v) is 5.05. The van der Waals surface area contributed by atoms with E-state index in [1.165, 1.54) is 31.2 Å². The number of aromatic nitrogens is 1. The van der Waals surface area contributed by atoms with Gasteiger partial charge in [0.25, 0.3) is 0 Å². The molecule has 0 amide bonds. The minimum Gasteiger partial charge on any atom is -0.496 e. The van der Waals surface area contributed by atoms with Crippen LogP contribution in [0.2, 0.25) is 0 Å². The number of benzene rings is 1. The highest BCUT2D eigenvalue weighted by Gasteiger charge is 2.21. The highest BCUT2D eigenvalue weighted by molar-refractivity contribution is 5.64. The molecule has 1 fully saturated rings. The normalized spacial score (nSPS) is 15.8. The zero-order valence-corrected chi connectivity index (χ0v) is 11.1. The molecule has 1 aliphatic carbocycles. The summed E-state index contributed by atoms with van der Waals surface area (Å²) in [6.45, 7) is 0. The minimum atomic E-state index is 0.341. The second-order valence-electron chi connectivity index (χ2n) is 5.05. The molecule has 0 saturated heterocycles. The van der Waals surface area contributed by atoms with Crippen LogP contribution in [0.1, 0.15) is 37.2 Å². The van der Waals surface area contributed by atoms with Gasteiger partial charge in [0.2, 0.25) is 5.88 Å². The molecule has 1 aromatic heterocycles. The van der Waals surface area contributed by atoms with Gasteiger partial charge < -0.3 is 15.0 Å². The van der Waals surface area contributed by atoms with Crippen molar-refractivity contribution in [1.29, 1.82) is 0 Å². The Balaban J connectivity index is 2.01. The van der Waals surface area contributed by atoms with E-state index >= 15 is 0 Å².